The van der Waals surface area contributed by atoms with Gasteiger partial charge in [0, 0.05) is 46.0 Å². The van der Waals surface area contributed by atoms with E-state index in [1.54, 1.807) is 48.5 Å². The van der Waals surface area contributed by atoms with E-state index in [4.69, 9.17) is 27.9 Å². The van der Waals surface area contributed by atoms with Crippen molar-refractivity contribution in [3.05, 3.63) is 122 Å². The van der Waals surface area contributed by atoms with Gasteiger partial charge in [-0.05, 0) is 85.0 Å². The number of morpholine rings is 1. The zero-order valence-corrected chi connectivity index (χ0v) is 33.9. The van der Waals surface area contributed by atoms with Crippen LogP contribution in [0.1, 0.15) is 35.4 Å². The molecule has 9 rings (SSSR count). The summed E-state index contributed by atoms with van der Waals surface area (Å²) in [6.45, 7) is 2.59. The van der Waals surface area contributed by atoms with E-state index in [0.717, 1.165) is 5.69 Å². The van der Waals surface area contributed by atoms with Crippen molar-refractivity contribution in [2.45, 2.75) is 30.4 Å². The summed E-state index contributed by atoms with van der Waals surface area (Å²) in [5.41, 5.74) is 2.24. The average molecular weight is 912 g/mol. The first-order valence-electron chi connectivity index (χ1n) is 18.8. The monoisotopic (exact) mass is 909 g/mol. The van der Waals surface area contributed by atoms with E-state index < -0.39 is 69.5 Å². The number of carbonyl (C=O) groups excluding carboxylic acids is 4. The lowest BCUT2D eigenvalue weighted by atomic mass is 9.49. The highest BCUT2D eigenvalue weighted by atomic mass is 79.9. The smallest absolute Gasteiger partial charge is 0.417 e. The second kappa shape index (κ2) is 14.6. The van der Waals surface area contributed by atoms with Gasteiger partial charge in [0.05, 0.1) is 52.7 Å². The van der Waals surface area contributed by atoms with Gasteiger partial charge in [0.1, 0.15) is 5.75 Å². The number of halogens is 6. The number of hydrogen-bond donors (Lipinski definition) is 2. The molecule has 4 amide bonds. The summed E-state index contributed by atoms with van der Waals surface area (Å²) in [5.74, 6) is -7.72. The number of nitrogens with zero attached hydrogens (tertiary/aromatic N) is 4. The Morgan fingerprint density at radius 3 is 2.25 bits per heavy atom. The van der Waals surface area contributed by atoms with Crippen LogP contribution >= 0.6 is 39.1 Å². The van der Waals surface area contributed by atoms with Gasteiger partial charge in [-0.3, -0.25) is 29.5 Å². The van der Waals surface area contributed by atoms with Crippen LogP contribution in [0.4, 0.5) is 30.4 Å². The Bertz CT molecular complexity index is 2450. The topological polar surface area (TPSA) is 132 Å². The quantitative estimate of drug-likeness (QED) is 0.146. The first kappa shape index (κ1) is 39.5. The summed E-state index contributed by atoms with van der Waals surface area (Å²) in [6, 6.07) is 18.9. The highest BCUT2D eigenvalue weighted by Gasteiger charge is 2.70. The number of benzene rings is 3. The van der Waals surface area contributed by atoms with Crippen molar-refractivity contribution < 1.29 is 42.2 Å². The fourth-order valence-electron chi connectivity index (χ4n) is 9.77. The number of ether oxygens (including phenoxy) is 1. The van der Waals surface area contributed by atoms with Crippen LogP contribution in [0.5, 0.6) is 5.75 Å². The number of fused-ring (bicyclic) bond motifs is 4. The molecule has 4 aromatic rings. The van der Waals surface area contributed by atoms with Crippen molar-refractivity contribution >= 4 is 80.0 Å². The zero-order chi connectivity index (χ0) is 41.5. The van der Waals surface area contributed by atoms with Gasteiger partial charge in [0.25, 0.3) is 11.8 Å². The van der Waals surface area contributed by atoms with Crippen LogP contribution in [0, 0.1) is 23.7 Å². The third-order valence-corrected chi connectivity index (χ3v) is 13.4. The van der Waals surface area contributed by atoms with E-state index in [1.807, 2.05) is 18.2 Å². The Morgan fingerprint density at radius 1 is 0.881 bits per heavy atom. The normalized spacial score (nSPS) is 26.8. The number of hydrogen-bond acceptors (Lipinski definition) is 9. The fourth-order valence-corrected chi connectivity index (χ4v) is 10.5. The number of pyridine rings is 1. The number of nitrogens with one attached hydrogen (secondary N) is 1. The molecule has 6 unspecified atom stereocenters. The molecule has 1 aromatic heterocycles. The van der Waals surface area contributed by atoms with Crippen molar-refractivity contribution in [2.24, 2.45) is 23.7 Å². The van der Waals surface area contributed by atoms with E-state index in [2.05, 4.69) is 31.2 Å². The Hall–Kier alpha value is -4.96. The van der Waals surface area contributed by atoms with Crippen LogP contribution in [0.3, 0.4) is 0 Å². The van der Waals surface area contributed by atoms with Gasteiger partial charge in [-0.2, -0.15) is 18.2 Å². The summed E-state index contributed by atoms with van der Waals surface area (Å²) >= 11 is 16.1. The predicted molar refractivity (Wildman–Crippen MR) is 215 cm³/mol. The van der Waals surface area contributed by atoms with Crippen LogP contribution in [0.25, 0.3) is 0 Å². The number of carbonyl (C=O) groups is 4. The SMILES string of the molecule is O=C1C2CC3C(=CCC4C(=O)N(c5ccc(N6CCOCC6)cc5)C(=O)C43)C(c3cc(Br)ccc3O)C2(c2ccc(Cl)cc2)C(=O)N1Nc1ncc(C(F)(F)F)cc1Cl. The van der Waals surface area contributed by atoms with E-state index in [-0.39, 0.29) is 35.9 Å². The predicted octanol–water partition coefficient (Wildman–Crippen LogP) is 7.90. The van der Waals surface area contributed by atoms with Crippen LogP contribution in [-0.4, -0.2) is 65.0 Å². The van der Waals surface area contributed by atoms with E-state index in [0.29, 0.717) is 69.9 Å². The van der Waals surface area contributed by atoms with Crippen molar-refractivity contribution in [3.63, 3.8) is 0 Å². The number of imide groups is 2. The number of phenols is 1. The molecule has 3 saturated heterocycles. The maximum absolute atomic E-state index is 15.4. The second-order valence-corrected chi connectivity index (χ2v) is 17.0. The number of aromatic hydroxyl groups is 1. The molecule has 3 aliphatic heterocycles. The van der Waals surface area contributed by atoms with Gasteiger partial charge in [0.2, 0.25) is 11.8 Å². The minimum Gasteiger partial charge on any atom is -0.508 e. The molecule has 11 nitrogen and oxygen atoms in total. The number of phenolic OH excluding ortho intramolecular Hbond substituents is 1. The van der Waals surface area contributed by atoms with Crippen LogP contribution in [-0.2, 0) is 35.5 Å². The molecule has 6 atom stereocenters. The van der Waals surface area contributed by atoms with E-state index >= 15 is 4.79 Å². The molecule has 0 spiro atoms. The largest absolute Gasteiger partial charge is 0.508 e. The molecule has 4 heterocycles. The highest BCUT2D eigenvalue weighted by molar-refractivity contribution is 9.10. The van der Waals surface area contributed by atoms with Gasteiger partial charge < -0.3 is 14.7 Å². The minimum absolute atomic E-state index is 0.0688. The highest BCUT2D eigenvalue weighted by Crippen LogP contribution is 2.65. The summed E-state index contributed by atoms with van der Waals surface area (Å²) < 4.78 is 46.6. The van der Waals surface area contributed by atoms with Crippen molar-refractivity contribution in [3.8, 4) is 5.75 Å². The minimum atomic E-state index is -4.76. The molecule has 2 aliphatic carbocycles. The summed E-state index contributed by atoms with van der Waals surface area (Å²) in [4.78, 5) is 66.5. The number of amides is 4. The third kappa shape index (κ3) is 6.30. The van der Waals surface area contributed by atoms with Gasteiger partial charge in [-0.25, -0.2) is 4.98 Å². The van der Waals surface area contributed by atoms with Gasteiger partial charge in [-0.1, -0.05) is 62.9 Å². The maximum Gasteiger partial charge on any atom is 0.417 e. The van der Waals surface area contributed by atoms with E-state index in [1.165, 1.54) is 11.0 Å². The third-order valence-electron chi connectivity index (χ3n) is 12.3. The standard InChI is InChI=1S/C42H33BrCl2F3N5O6/c43-23-3-12-33(54)30(18-23)35-27-10-11-28-34(39(57)52(37(28)55)26-8-6-25(7-9-26)51-13-15-59-16-14-51)29(27)19-31-38(56)53(40(58)41(31,35)21-1-4-24(44)5-2-21)50-36-32(45)17-22(20-49-36)42(46,47)48/h1-10,12,17-18,20,28-29,31,34-35,54H,11,13-16,19H2,(H,49,50). The average Bonchev–Trinajstić information content (AvgIpc) is 3.60. The molecule has 17 heteroatoms. The molecule has 0 bridgehead atoms. The number of aromatic nitrogens is 1. The fraction of sp³-hybridized carbons (Fsp3) is 0.310. The van der Waals surface area contributed by atoms with Crippen LogP contribution < -0.4 is 15.2 Å². The molecule has 0 radical (unpaired) electrons. The summed E-state index contributed by atoms with van der Waals surface area (Å²) in [5, 5.41) is 12.2. The maximum atomic E-state index is 15.4. The number of alkyl halides is 3. The number of rotatable bonds is 6. The Balaban J connectivity index is 1.17. The molecular formula is C42H33BrCl2F3N5O6. The molecule has 304 valence electrons. The lowest BCUT2D eigenvalue weighted by Gasteiger charge is -2.50. The Kier molecular flexibility index (Phi) is 9.80. The lowest BCUT2D eigenvalue weighted by molar-refractivity contribution is -0.139. The molecule has 2 N–H and O–H groups in total. The van der Waals surface area contributed by atoms with Crippen molar-refractivity contribution in [2.75, 3.05) is 41.5 Å². The molecule has 4 fully saturated rings. The summed E-state index contributed by atoms with van der Waals surface area (Å²) in [6.07, 6.45) is -2.30. The summed E-state index contributed by atoms with van der Waals surface area (Å²) in [7, 11) is 0. The van der Waals surface area contributed by atoms with Crippen molar-refractivity contribution in [1.29, 1.82) is 0 Å². The molecular weight excluding hydrogens is 878 g/mol. The number of anilines is 3. The first-order chi connectivity index (χ1) is 28.2. The molecule has 3 aromatic carbocycles. The Labute approximate surface area is 353 Å². The Morgan fingerprint density at radius 2 is 1.58 bits per heavy atom. The molecule has 1 saturated carbocycles. The molecule has 59 heavy (non-hydrogen) atoms. The van der Waals surface area contributed by atoms with Crippen molar-refractivity contribution in [1.82, 2.24) is 9.99 Å². The number of hydrazine groups is 1. The number of allylic oxidation sites excluding steroid dienone is 2. The zero-order valence-electron chi connectivity index (χ0n) is 30.8. The van der Waals surface area contributed by atoms with Gasteiger partial charge >= 0.3 is 6.18 Å². The van der Waals surface area contributed by atoms with E-state index in [9.17, 15) is 32.7 Å². The second-order valence-electron chi connectivity index (χ2n) is 15.2. The van der Waals surface area contributed by atoms with Crippen LogP contribution in [0.2, 0.25) is 10.0 Å². The lowest BCUT2D eigenvalue weighted by Crippen LogP contribution is -2.53. The van der Waals surface area contributed by atoms with Crippen LogP contribution in [0.15, 0.2) is 95.1 Å². The van der Waals surface area contributed by atoms with Gasteiger partial charge in [0.15, 0.2) is 5.82 Å². The van der Waals surface area contributed by atoms with Gasteiger partial charge in [-0.15, -0.1) is 0 Å². The first-order valence-corrected chi connectivity index (χ1v) is 20.4. The molecule has 5 aliphatic rings.